The maximum absolute atomic E-state index is 12.0. The highest BCUT2D eigenvalue weighted by Gasteiger charge is 2.24. The molecule has 0 spiro atoms. The fraction of sp³-hybridized carbons (Fsp3) is 0. The van der Waals surface area contributed by atoms with Gasteiger partial charge in [0.2, 0.25) is 5.82 Å². The molecule has 4 aromatic rings. The molecule has 1 aromatic carbocycles. The highest BCUT2D eigenvalue weighted by molar-refractivity contribution is 7.89. The summed E-state index contributed by atoms with van der Waals surface area (Å²) in [6, 6.07) is 11.1. The molecule has 124 valence electrons. The molecule has 25 heavy (non-hydrogen) atoms. The lowest BCUT2D eigenvalue weighted by molar-refractivity contribution is 0.594. The number of pyridine rings is 2. The van der Waals surface area contributed by atoms with Gasteiger partial charge < -0.3 is 0 Å². The zero-order valence-corrected chi connectivity index (χ0v) is 13.5. The molecular formula is C15H11N7O2S. The van der Waals surface area contributed by atoms with E-state index in [-0.39, 0.29) is 16.4 Å². The van der Waals surface area contributed by atoms with E-state index in [1.165, 1.54) is 6.20 Å². The number of primary sulfonamides is 1. The normalized spacial score (nSPS) is 11.7. The van der Waals surface area contributed by atoms with Crippen molar-refractivity contribution in [1.29, 1.82) is 0 Å². The first-order chi connectivity index (χ1) is 12.0. The molecule has 3 heterocycles. The molecule has 0 bridgehead atoms. The molecule has 4 rings (SSSR count). The summed E-state index contributed by atoms with van der Waals surface area (Å²) in [5.74, 6) is 0.0910. The van der Waals surface area contributed by atoms with E-state index in [0.29, 0.717) is 5.56 Å². The van der Waals surface area contributed by atoms with E-state index in [4.69, 9.17) is 5.14 Å². The molecule has 0 atom stereocenters. The first-order valence-electron chi connectivity index (χ1n) is 7.15. The highest BCUT2D eigenvalue weighted by atomic mass is 32.2. The van der Waals surface area contributed by atoms with Crippen LogP contribution >= 0.6 is 0 Å². The summed E-state index contributed by atoms with van der Waals surface area (Å²) in [6.07, 6.45) is 3.07. The molecule has 3 N–H and O–H groups in total. The molecule has 0 saturated carbocycles. The van der Waals surface area contributed by atoms with Crippen molar-refractivity contribution in [2.45, 2.75) is 5.03 Å². The van der Waals surface area contributed by atoms with Crippen molar-refractivity contribution in [2.24, 2.45) is 5.14 Å². The van der Waals surface area contributed by atoms with Crippen LogP contribution in [0.3, 0.4) is 0 Å². The van der Waals surface area contributed by atoms with Crippen LogP contribution in [0.2, 0.25) is 0 Å². The maximum Gasteiger partial charge on any atom is 0.256 e. The van der Waals surface area contributed by atoms with Crippen LogP contribution in [0, 0.1) is 0 Å². The number of nitrogens with two attached hydrogens (primary N) is 1. The van der Waals surface area contributed by atoms with Gasteiger partial charge in [-0.15, -0.1) is 10.2 Å². The summed E-state index contributed by atoms with van der Waals surface area (Å²) in [4.78, 5) is 8.23. The second-order valence-electron chi connectivity index (χ2n) is 5.23. The number of nitrogens with one attached hydrogen (secondary N) is 1. The Labute approximate surface area is 142 Å². The number of aromatic nitrogens is 6. The van der Waals surface area contributed by atoms with Crippen LogP contribution in [0.5, 0.6) is 0 Å². The zero-order valence-electron chi connectivity index (χ0n) is 12.7. The van der Waals surface area contributed by atoms with E-state index in [1.807, 2.05) is 30.3 Å². The van der Waals surface area contributed by atoms with Crippen molar-refractivity contribution in [3.8, 4) is 22.5 Å². The number of sulfonamides is 1. The molecule has 0 fully saturated rings. The summed E-state index contributed by atoms with van der Waals surface area (Å²) in [5, 5.41) is 19.5. The minimum Gasteiger partial charge on any atom is -0.256 e. The van der Waals surface area contributed by atoms with Crippen LogP contribution < -0.4 is 5.14 Å². The van der Waals surface area contributed by atoms with E-state index < -0.39 is 10.0 Å². The molecule has 0 radical (unpaired) electrons. The number of tetrazole rings is 1. The Morgan fingerprint density at radius 1 is 1.04 bits per heavy atom. The Morgan fingerprint density at radius 2 is 1.92 bits per heavy atom. The van der Waals surface area contributed by atoms with Gasteiger partial charge in [0.1, 0.15) is 0 Å². The van der Waals surface area contributed by atoms with Crippen LogP contribution in [0.15, 0.2) is 53.8 Å². The summed E-state index contributed by atoms with van der Waals surface area (Å²) < 4.78 is 23.9. The molecular weight excluding hydrogens is 342 g/mol. The van der Waals surface area contributed by atoms with Gasteiger partial charge in [0.15, 0.2) is 5.03 Å². The fourth-order valence-corrected chi connectivity index (χ4v) is 3.31. The summed E-state index contributed by atoms with van der Waals surface area (Å²) >= 11 is 0. The van der Waals surface area contributed by atoms with Crippen molar-refractivity contribution >= 4 is 20.9 Å². The Kier molecular flexibility index (Phi) is 3.48. The smallest absolute Gasteiger partial charge is 0.256 e. The third-order valence-electron chi connectivity index (χ3n) is 3.67. The zero-order chi connectivity index (χ0) is 17.4. The van der Waals surface area contributed by atoms with E-state index in [0.717, 1.165) is 16.5 Å². The van der Waals surface area contributed by atoms with Crippen LogP contribution in [0.4, 0.5) is 0 Å². The topological polar surface area (TPSA) is 140 Å². The van der Waals surface area contributed by atoms with Crippen molar-refractivity contribution in [2.75, 3.05) is 0 Å². The number of hydrogen-bond acceptors (Lipinski definition) is 7. The Balaban J connectivity index is 2.04. The van der Waals surface area contributed by atoms with Crippen LogP contribution in [-0.2, 0) is 10.0 Å². The number of fused-ring (bicyclic) bond motifs is 1. The third kappa shape index (κ3) is 2.73. The first kappa shape index (κ1) is 15.3. The van der Waals surface area contributed by atoms with E-state index >= 15 is 0 Å². The molecule has 0 aliphatic rings. The number of benzene rings is 1. The Bertz CT molecular complexity index is 1170. The Hall–Kier alpha value is -3.24. The van der Waals surface area contributed by atoms with Gasteiger partial charge in [-0.05, 0) is 34.5 Å². The monoisotopic (exact) mass is 353 g/mol. The standard InChI is InChI=1S/C15H11N7O2S/c16-25(23,24)15-13(14-19-21-22-20-14)11(5-7-18-15)10-4-3-9-2-1-6-17-12(9)8-10/h1-8H,(H2,16,23,24)(H,19,20,21,22). The van der Waals surface area contributed by atoms with Gasteiger partial charge in [-0.2, -0.15) is 5.21 Å². The average molecular weight is 353 g/mol. The second-order valence-corrected chi connectivity index (χ2v) is 6.71. The van der Waals surface area contributed by atoms with Crippen molar-refractivity contribution < 1.29 is 8.42 Å². The quantitative estimate of drug-likeness (QED) is 0.562. The lowest BCUT2D eigenvalue weighted by Gasteiger charge is -2.11. The largest absolute Gasteiger partial charge is 0.256 e. The van der Waals surface area contributed by atoms with Gasteiger partial charge in [0.25, 0.3) is 10.0 Å². The average Bonchev–Trinajstić information content (AvgIpc) is 3.14. The summed E-state index contributed by atoms with van der Waals surface area (Å²) in [5.41, 5.74) is 2.26. The van der Waals surface area contributed by atoms with Crippen LogP contribution in [0.1, 0.15) is 0 Å². The van der Waals surface area contributed by atoms with Gasteiger partial charge in [0, 0.05) is 17.8 Å². The molecule has 0 aliphatic carbocycles. The highest BCUT2D eigenvalue weighted by Crippen LogP contribution is 2.34. The maximum atomic E-state index is 12.0. The van der Waals surface area contributed by atoms with Gasteiger partial charge in [0.05, 0.1) is 11.1 Å². The van der Waals surface area contributed by atoms with E-state index in [2.05, 4.69) is 30.6 Å². The van der Waals surface area contributed by atoms with Crippen LogP contribution in [0.25, 0.3) is 33.4 Å². The second kappa shape index (κ2) is 5.69. The SMILES string of the molecule is NS(=O)(=O)c1nccc(-c2ccc3cccnc3c2)c1-c1nn[nH]n1. The van der Waals surface area contributed by atoms with E-state index in [9.17, 15) is 8.42 Å². The molecule has 0 saturated heterocycles. The predicted octanol–water partition coefficient (Wildman–Crippen LogP) is 1.12. The minimum absolute atomic E-state index is 0.0910. The molecule has 0 aliphatic heterocycles. The third-order valence-corrected chi connectivity index (χ3v) is 4.52. The predicted molar refractivity (Wildman–Crippen MR) is 89.5 cm³/mol. The number of rotatable bonds is 3. The molecule has 10 heteroatoms. The fourth-order valence-electron chi connectivity index (χ4n) is 2.62. The van der Waals surface area contributed by atoms with E-state index in [1.54, 1.807) is 12.3 Å². The Morgan fingerprint density at radius 3 is 2.68 bits per heavy atom. The van der Waals surface area contributed by atoms with Crippen molar-refractivity contribution in [1.82, 2.24) is 30.6 Å². The molecule has 0 amide bonds. The molecule has 0 unspecified atom stereocenters. The molecule has 9 nitrogen and oxygen atoms in total. The number of H-pyrrole nitrogens is 1. The lowest BCUT2D eigenvalue weighted by Crippen LogP contribution is -2.16. The van der Waals surface area contributed by atoms with Crippen molar-refractivity contribution in [3.63, 3.8) is 0 Å². The van der Waals surface area contributed by atoms with Gasteiger partial charge in [-0.1, -0.05) is 18.2 Å². The lowest BCUT2D eigenvalue weighted by atomic mass is 10.00. The first-order valence-corrected chi connectivity index (χ1v) is 8.69. The molecule has 3 aromatic heterocycles. The van der Waals surface area contributed by atoms with Crippen molar-refractivity contribution in [3.05, 3.63) is 48.8 Å². The minimum atomic E-state index is -4.08. The van der Waals surface area contributed by atoms with Gasteiger partial charge in [-0.3, -0.25) is 4.98 Å². The number of nitrogens with zero attached hydrogens (tertiary/aromatic N) is 5. The number of aromatic amines is 1. The number of hydrogen-bond donors (Lipinski definition) is 2. The van der Waals surface area contributed by atoms with Crippen LogP contribution in [-0.4, -0.2) is 39.0 Å². The van der Waals surface area contributed by atoms with Gasteiger partial charge >= 0.3 is 0 Å². The summed E-state index contributed by atoms with van der Waals surface area (Å²) in [6.45, 7) is 0. The van der Waals surface area contributed by atoms with Gasteiger partial charge in [-0.25, -0.2) is 18.5 Å². The summed E-state index contributed by atoms with van der Waals surface area (Å²) in [7, 11) is -4.08.